The number of amides is 1. The molecule has 0 unspecified atom stereocenters. The Labute approximate surface area is 198 Å². The van der Waals surface area contributed by atoms with E-state index in [4.69, 9.17) is 9.57 Å². The number of benzene rings is 1. The van der Waals surface area contributed by atoms with Gasteiger partial charge in [0.05, 0.1) is 18.4 Å². The average Bonchev–Trinajstić information content (AvgIpc) is 2.72. The maximum Gasteiger partial charge on any atom is 0.333 e. The summed E-state index contributed by atoms with van der Waals surface area (Å²) < 4.78 is 5.88. The largest absolute Gasteiger partial charge is 0.427 e. The number of ether oxygens (including phenoxy) is 1. The van der Waals surface area contributed by atoms with Crippen LogP contribution in [0.25, 0.3) is 5.57 Å². The van der Waals surface area contributed by atoms with E-state index in [-0.39, 0.29) is 35.0 Å². The van der Waals surface area contributed by atoms with Crippen molar-refractivity contribution in [3.8, 4) is 0 Å². The van der Waals surface area contributed by atoms with E-state index in [2.05, 4.69) is 0 Å². The molecule has 0 saturated heterocycles. The van der Waals surface area contributed by atoms with E-state index in [1.807, 2.05) is 74.4 Å². The van der Waals surface area contributed by atoms with E-state index in [1.54, 1.807) is 13.8 Å². The summed E-state index contributed by atoms with van der Waals surface area (Å²) >= 11 is 0. The number of hydrogen-bond acceptors (Lipinski definition) is 5. The van der Waals surface area contributed by atoms with Crippen molar-refractivity contribution in [1.82, 2.24) is 5.06 Å². The Morgan fingerprint density at radius 2 is 1.33 bits per heavy atom. The van der Waals surface area contributed by atoms with Gasteiger partial charge in [-0.2, -0.15) is 5.06 Å². The average molecular weight is 458 g/mol. The molecule has 0 atom stereocenters. The first kappa shape index (κ1) is 26.6. The van der Waals surface area contributed by atoms with Gasteiger partial charge in [0.25, 0.3) is 5.91 Å². The zero-order valence-electron chi connectivity index (χ0n) is 22.1. The van der Waals surface area contributed by atoms with Crippen molar-refractivity contribution in [1.29, 1.82) is 0 Å². The molecular formula is C27H39NO5. The van der Waals surface area contributed by atoms with Gasteiger partial charge in [0.1, 0.15) is 11.3 Å². The Morgan fingerprint density at radius 3 is 1.79 bits per heavy atom. The molecule has 1 heterocycles. The van der Waals surface area contributed by atoms with E-state index in [0.29, 0.717) is 5.56 Å². The van der Waals surface area contributed by atoms with E-state index < -0.39 is 23.4 Å². The van der Waals surface area contributed by atoms with Gasteiger partial charge in [0.2, 0.25) is 0 Å². The van der Waals surface area contributed by atoms with Gasteiger partial charge in [-0.15, -0.1) is 0 Å². The highest BCUT2D eigenvalue weighted by atomic mass is 16.7. The molecular weight excluding hydrogens is 418 g/mol. The monoisotopic (exact) mass is 457 g/mol. The third kappa shape index (κ3) is 6.24. The molecule has 0 aromatic heterocycles. The molecule has 33 heavy (non-hydrogen) atoms. The zero-order chi connectivity index (χ0) is 25.5. The molecule has 0 saturated carbocycles. The number of esters is 1. The van der Waals surface area contributed by atoms with Gasteiger partial charge in [0, 0.05) is 0 Å². The summed E-state index contributed by atoms with van der Waals surface area (Å²) in [5.74, 6) is -1.22. The predicted molar refractivity (Wildman–Crippen MR) is 129 cm³/mol. The Kier molecular flexibility index (Phi) is 7.23. The topological polar surface area (TPSA) is 72.9 Å². The summed E-state index contributed by atoms with van der Waals surface area (Å²) in [6.07, 6.45) is 0.327. The summed E-state index contributed by atoms with van der Waals surface area (Å²) in [5, 5.41) is 1.06. The first-order valence-electron chi connectivity index (χ1n) is 11.4. The fourth-order valence-corrected chi connectivity index (χ4v) is 4.13. The minimum Gasteiger partial charge on any atom is -0.427 e. The third-order valence-electron chi connectivity index (χ3n) is 5.37. The number of carbonyl (C=O) groups is 3. The van der Waals surface area contributed by atoms with E-state index in [1.165, 1.54) is 0 Å². The zero-order valence-corrected chi connectivity index (χ0v) is 22.1. The van der Waals surface area contributed by atoms with Gasteiger partial charge < -0.3 is 9.57 Å². The smallest absolute Gasteiger partial charge is 0.333 e. The van der Waals surface area contributed by atoms with Crippen LogP contribution in [0.15, 0.2) is 17.9 Å². The predicted octanol–water partition coefficient (Wildman–Crippen LogP) is 5.82. The van der Waals surface area contributed by atoms with Crippen molar-refractivity contribution in [2.75, 3.05) is 0 Å². The van der Waals surface area contributed by atoms with Gasteiger partial charge >= 0.3 is 11.9 Å². The molecule has 0 aliphatic carbocycles. The number of hydroxylamine groups is 2. The van der Waals surface area contributed by atoms with E-state index in [9.17, 15) is 14.4 Å². The first-order valence-corrected chi connectivity index (χ1v) is 11.4. The van der Waals surface area contributed by atoms with Gasteiger partial charge in [0.15, 0.2) is 0 Å². The van der Waals surface area contributed by atoms with Crippen LogP contribution in [-0.2, 0) is 24.0 Å². The summed E-state index contributed by atoms with van der Waals surface area (Å²) in [6, 6.07) is 3.97. The minimum atomic E-state index is -1.16. The summed E-state index contributed by atoms with van der Waals surface area (Å²) in [7, 11) is 0. The third-order valence-corrected chi connectivity index (χ3v) is 5.37. The van der Waals surface area contributed by atoms with Crippen LogP contribution in [0.3, 0.4) is 0 Å². The molecule has 1 aliphatic rings. The van der Waals surface area contributed by atoms with Crippen LogP contribution in [0.2, 0.25) is 0 Å². The molecule has 1 amide bonds. The number of carbonyl (C=O) groups excluding carboxylic acids is 3. The maximum absolute atomic E-state index is 13.7. The SMILES string of the molecule is Cc1cc(C)c(C2=C(OC(=O)CC(C)(C)C)C(C)(C)N(OC(=O)CC(C)(C)C)C2=O)c(C)c1. The highest BCUT2D eigenvalue weighted by Crippen LogP contribution is 2.43. The molecule has 0 spiro atoms. The minimum absolute atomic E-state index is 0.143. The molecule has 6 heteroatoms. The second-order valence-electron chi connectivity index (χ2n) is 12.0. The highest BCUT2D eigenvalue weighted by molar-refractivity contribution is 6.24. The van der Waals surface area contributed by atoms with Crippen LogP contribution in [-0.4, -0.2) is 28.4 Å². The van der Waals surface area contributed by atoms with Crippen molar-refractivity contribution in [2.45, 2.75) is 94.5 Å². The van der Waals surface area contributed by atoms with Crippen LogP contribution >= 0.6 is 0 Å². The Morgan fingerprint density at radius 1 is 0.879 bits per heavy atom. The quantitative estimate of drug-likeness (QED) is 0.521. The second-order valence-corrected chi connectivity index (χ2v) is 12.0. The number of aryl methyl sites for hydroxylation is 3. The molecule has 2 rings (SSSR count). The van der Waals surface area contributed by atoms with Crippen LogP contribution in [0, 0.1) is 31.6 Å². The highest BCUT2D eigenvalue weighted by Gasteiger charge is 2.51. The fourth-order valence-electron chi connectivity index (χ4n) is 4.13. The van der Waals surface area contributed by atoms with Crippen molar-refractivity contribution >= 4 is 23.4 Å². The molecule has 1 aromatic rings. The Hall–Kier alpha value is -2.63. The Balaban J connectivity index is 2.61. The first-order chi connectivity index (χ1) is 14.8. The van der Waals surface area contributed by atoms with Crippen LogP contribution in [0.4, 0.5) is 0 Å². The van der Waals surface area contributed by atoms with Crippen molar-refractivity contribution in [3.05, 3.63) is 40.1 Å². The van der Waals surface area contributed by atoms with Crippen LogP contribution < -0.4 is 0 Å². The lowest BCUT2D eigenvalue weighted by Gasteiger charge is -2.32. The summed E-state index contributed by atoms with van der Waals surface area (Å²) in [5.41, 5.74) is 2.08. The lowest BCUT2D eigenvalue weighted by Crippen LogP contribution is -2.45. The molecule has 0 N–H and O–H groups in total. The maximum atomic E-state index is 13.7. The fraction of sp³-hybridized carbons (Fsp3) is 0.593. The standard InChI is InChI=1S/C27H39NO5/c1-16-12-17(2)21(18(3)13-16)22-23(32-19(29)14-25(4,5)6)27(10,11)28(24(22)31)33-20(30)15-26(7,8)9/h12-13H,14-15H2,1-11H3. The second kappa shape index (κ2) is 8.96. The van der Waals surface area contributed by atoms with Crippen molar-refractivity contribution < 1.29 is 24.0 Å². The van der Waals surface area contributed by atoms with Crippen LogP contribution in [0.1, 0.15) is 90.5 Å². The van der Waals surface area contributed by atoms with Crippen LogP contribution in [0.5, 0.6) is 0 Å². The number of hydrogen-bond donors (Lipinski definition) is 0. The summed E-state index contributed by atoms with van der Waals surface area (Å²) in [6.45, 7) is 20.9. The van der Waals surface area contributed by atoms with Crippen molar-refractivity contribution in [3.63, 3.8) is 0 Å². The van der Waals surface area contributed by atoms with E-state index >= 15 is 0 Å². The van der Waals surface area contributed by atoms with Crippen molar-refractivity contribution in [2.24, 2.45) is 10.8 Å². The lowest BCUT2D eigenvalue weighted by molar-refractivity contribution is -0.212. The lowest BCUT2D eigenvalue weighted by atomic mass is 9.91. The van der Waals surface area contributed by atoms with Gasteiger partial charge in [-0.05, 0) is 62.1 Å². The molecule has 182 valence electrons. The van der Waals surface area contributed by atoms with E-state index in [0.717, 1.165) is 21.8 Å². The molecule has 0 radical (unpaired) electrons. The normalized spacial score (nSPS) is 16.3. The van der Waals surface area contributed by atoms with Gasteiger partial charge in [-0.3, -0.25) is 9.59 Å². The molecule has 1 aromatic carbocycles. The molecule has 1 aliphatic heterocycles. The van der Waals surface area contributed by atoms with Gasteiger partial charge in [-0.25, -0.2) is 4.79 Å². The number of rotatable bonds is 5. The Bertz CT molecular complexity index is 979. The molecule has 6 nitrogen and oxygen atoms in total. The number of nitrogens with zero attached hydrogens (tertiary/aromatic N) is 1. The summed E-state index contributed by atoms with van der Waals surface area (Å²) in [4.78, 5) is 44.8. The molecule has 0 fully saturated rings. The van der Waals surface area contributed by atoms with Gasteiger partial charge in [-0.1, -0.05) is 59.2 Å². The molecule has 0 bridgehead atoms.